The van der Waals surface area contributed by atoms with Crippen molar-refractivity contribution in [2.24, 2.45) is 0 Å². The number of fused-ring (bicyclic) bond motifs is 1. The molecule has 1 aliphatic rings. The predicted molar refractivity (Wildman–Crippen MR) is 88.4 cm³/mol. The number of ether oxygens (including phenoxy) is 1. The van der Waals surface area contributed by atoms with Crippen LogP contribution in [0.3, 0.4) is 0 Å². The second-order valence-corrected chi connectivity index (χ2v) is 7.39. The molecule has 0 saturated carbocycles. The fraction of sp³-hybridized carbons (Fsp3) is 0.235. The number of anilines is 1. The topological polar surface area (TPSA) is 63.7 Å². The summed E-state index contributed by atoms with van der Waals surface area (Å²) in [5, 5.41) is 0. The van der Waals surface area contributed by atoms with E-state index in [4.69, 9.17) is 4.74 Å². The number of hydrogen-bond donors (Lipinski definition) is 0. The van der Waals surface area contributed by atoms with Gasteiger partial charge in [0.2, 0.25) is 10.0 Å². The van der Waals surface area contributed by atoms with Gasteiger partial charge in [0.1, 0.15) is 5.75 Å². The first-order valence-electron chi connectivity index (χ1n) is 7.33. The van der Waals surface area contributed by atoms with E-state index in [0.29, 0.717) is 23.5 Å². The Kier molecular flexibility index (Phi) is 4.09. The van der Waals surface area contributed by atoms with E-state index in [-0.39, 0.29) is 0 Å². The number of sulfonamides is 1. The van der Waals surface area contributed by atoms with E-state index < -0.39 is 16.0 Å². The summed E-state index contributed by atoms with van der Waals surface area (Å²) < 4.78 is 30.4. The van der Waals surface area contributed by atoms with Crippen LogP contribution in [0.2, 0.25) is 0 Å². The van der Waals surface area contributed by atoms with Gasteiger partial charge in [-0.15, -0.1) is 0 Å². The predicted octanol–water partition coefficient (Wildman–Crippen LogP) is 2.62. The fourth-order valence-electron chi connectivity index (χ4n) is 2.69. The van der Waals surface area contributed by atoms with E-state index in [1.807, 2.05) is 6.07 Å². The number of esters is 1. The Labute approximate surface area is 135 Å². The molecule has 1 aliphatic heterocycles. The summed E-state index contributed by atoms with van der Waals surface area (Å²) in [6.45, 7) is 0.472. The lowest BCUT2D eigenvalue weighted by Gasteiger charge is -2.29. The van der Waals surface area contributed by atoms with Crippen LogP contribution >= 0.6 is 0 Å². The second kappa shape index (κ2) is 6.04. The number of hydrogen-bond acceptors (Lipinski definition) is 4. The van der Waals surface area contributed by atoms with Gasteiger partial charge in [-0.25, -0.2) is 13.2 Å². The molecule has 0 aromatic heterocycles. The molecule has 0 amide bonds. The molecule has 0 fully saturated rings. The molecule has 23 heavy (non-hydrogen) atoms. The van der Waals surface area contributed by atoms with Gasteiger partial charge in [0.05, 0.1) is 17.5 Å². The van der Waals surface area contributed by atoms with Crippen molar-refractivity contribution in [3.05, 3.63) is 59.7 Å². The summed E-state index contributed by atoms with van der Waals surface area (Å²) >= 11 is 0. The molecule has 3 rings (SSSR count). The quantitative estimate of drug-likeness (QED) is 0.641. The van der Waals surface area contributed by atoms with Gasteiger partial charge in [-0.2, -0.15) is 0 Å². The van der Waals surface area contributed by atoms with E-state index in [9.17, 15) is 13.2 Å². The number of para-hydroxylation sites is 1. The highest BCUT2D eigenvalue weighted by Gasteiger charge is 2.24. The summed E-state index contributed by atoms with van der Waals surface area (Å²) in [4.78, 5) is 12.2. The van der Waals surface area contributed by atoms with Crippen LogP contribution < -0.4 is 9.04 Å². The van der Waals surface area contributed by atoms with Crippen LogP contribution in [-0.4, -0.2) is 27.2 Å². The van der Waals surface area contributed by atoms with E-state index in [0.717, 1.165) is 18.4 Å². The van der Waals surface area contributed by atoms with Crippen LogP contribution in [0, 0.1) is 0 Å². The number of nitrogens with zero attached hydrogens (tertiary/aromatic N) is 1. The molecule has 0 radical (unpaired) electrons. The Morgan fingerprint density at radius 1 is 1.13 bits per heavy atom. The molecule has 0 saturated heterocycles. The Bertz CT molecular complexity index is 831. The van der Waals surface area contributed by atoms with Gasteiger partial charge >= 0.3 is 5.97 Å². The van der Waals surface area contributed by atoms with E-state index >= 15 is 0 Å². The number of carbonyl (C=O) groups excluding carboxylic acids is 1. The van der Waals surface area contributed by atoms with Crippen molar-refractivity contribution < 1.29 is 17.9 Å². The maximum atomic E-state index is 12.2. The second-order valence-electron chi connectivity index (χ2n) is 5.48. The smallest absolute Gasteiger partial charge is 0.343 e. The Morgan fingerprint density at radius 2 is 1.87 bits per heavy atom. The standard InChI is InChI=1S/C17H17NO4S/c1-23(20,21)18-11-5-6-13-12-14(9-10-16(13)18)17(19)22-15-7-3-2-4-8-15/h2-4,7-10,12H,5-6,11H2,1H3. The van der Waals surface area contributed by atoms with Gasteiger partial charge in [-0.3, -0.25) is 4.31 Å². The van der Waals surface area contributed by atoms with Crippen molar-refractivity contribution in [2.75, 3.05) is 17.1 Å². The van der Waals surface area contributed by atoms with Gasteiger partial charge in [0, 0.05) is 6.54 Å². The molecule has 0 aliphatic carbocycles. The summed E-state index contributed by atoms with van der Waals surface area (Å²) in [6, 6.07) is 13.8. The molecule has 0 bridgehead atoms. The zero-order chi connectivity index (χ0) is 16.4. The zero-order valence-corrected chi connectivity index (χ0v) is 13.5. The highest BCUT2D eigenvalue weighted by Crippen LogP contribution is 2.30. The molecule has 2 aromatic carbocycles. The van der Waals surface area contributed by atoms with Crippen LogP contribution in [-0.2, 0) is 16.4 Å². The monoisotopic (exact) mass is 331 g/mol. The molecule has 0 spiro atoms. The zero-order valence-electron chi connectivity index (χ0n) is 12.7. The van der Waals surface area contributed by atoms with Crippen molar-refractivity contribution in [1.29, 1.82) is 0 Å². The molecular formula is C17H17NO4S. The summed E-state index contributed by atoms with van der Waals surface area (Å²) in [5.41, 5.74) is 1.92. The SMILES string of the molecule is CS(=O)(=O)N1CCCc2cc(C(=O)Oc3ccccc3)ccc21. The molecular weight excluding hydrogens is 314 g/mol. The lowest BCUT2D eigenvalue weighted by molar-refractivity contribution is 0.0734. The van der Waals surface area contributed by atoms with Gasteiger partial charge in [-0.05, 0) is 48.7 Å². The average molecular weight is 331 g/mol. The minimum atomic E-state index is -3.30. The summed E-state index contributed by atoms with van der Waals surface area (Å²) in [6.07, 6.45) is 2.67. The molecule has 0 unspecified atom stereocenters. The third kappa shape index (κ3) is 3.37. The third-order valence-electron chi connectivity index (χ3n) is 3.75. The molecule has 0 atom stereocenters. The fourth-order valence-corrected chi connectivity index (χ4v) is 3.68. The number of carbonyl (C=O) groups is 1. The van der Waals surface area contributed by atoms with E-state index in [1.54, 1.807) is 42.5 Å². The molecule has 0 N–H and O–H groups in total. The number of rotatable bonds is 3. The highest BCUT2D eigenvalue weighted by atomic mass is 32.2. The van der Waals surface area contributed by atoms with Crippen molar-refractivity contribution >= 4 is 21.7 Å². The molecule has 1 heterocycles. The first-order valence-corrected chi connectivity index (χ1v) is 9.18. The lowest BCUT2D eigenvalue weighted by atomic mass is 10.0. The van der Waals surface area contributed by atoms with Crippen LogP contribution in [0.1, 0.15) is 22.3 Å². The van der Waals surface area contributed by atoms with Crippen molar-refractivity contribution in [1.82, 2.24) is 0 Å². The Hall–Kier alpha value is -2.34. The lowest BCUT2D eigenvalue weighted by Crippen LogP contribution is -2.34. The van der Waals surface area contributed by atoms with Crippen molar-refractivity contribution in [2.45, 2.75) is 12.8 Å². The van der Waals surface area contributed by atoms with Crippen LogP contribution in [0.15, 0.2) is 48.5 Å². The number of aryl methyl sites for hydroxylation is 1. The van der Waals surface area contributed by atoms with Gasteiger partial charge in [0.25, 0.3) is 0 Å². The first-order chi connectivity index (χ1) is 10.9. The number of benzene rings is 2. The van der Waals surface area contributed by atoms with E-state index in [1.165, 1.54) is 10.6 Å². The highest BCUT2D eigenvalue weighted by molar-refractivity contribution is 7.92. The average Bonchev–Trinajstić information content (AvgIpc) is 2.53. The van der Waals surface area contributed by atoms with Gasteiger partial charge < -0.3 is 4.74 Å². The van der Waals surface area contributed by atoms with Crippen molar-refractivity contribution in [3.63, 3.8) is 0 Å². The summed E-state index contributed by atoms with van der Waals surface area (Å²) in [7, 11) is -3.30. The molecule has 120 valence electrons. The van der Waals surface area contributed by atoms with Gasteiger partial charge in [-0.1, -0.05) is 18.2 Å². The largest absolute Gasteiger partial charge is 0.423 e. The normalized spacial score (nSPS) is 14.2. The maximum absolute atomic E-state index is 12.2. The van der Waals surface area contributed by atoms with Crippen LogP contribution in [0.5, 0.6) is 5.75 Å². The molecule has 6 heteroatoms. The first kappa shape index (κ1) is 15.6. The van der Waals surface area contributed by atoms with Crippen LogP contribution in [0.25, 0.3) is 0 Å². The van der Waals surface area contributed by atoms with Gasteiger partial charge in [0.15, 0.2) is 0 Å². The minimum absolute atomic E-state index is 0.419. The van der Waals surface area contributed by atoms with E-state index in [2.05, 4.69) is 0 Å². The Morgan fingerprint density at radius 3 is 2.57 bits per heavy atom. The Balaban J connectivity index is 1.88. The molecule has 2 aromatic rings. The maximum Gasteiger partial charge on any atom is 0.343 e. The van der Waals surface area contributed by atoms with Crippen LogP contribution in [0.4, 0.5) is 5.69 Å². The van der Waals surface area contributed by atoms with Crippen molar-refractivity contribution in [3.8, 4) is 5.75 Å². The molecule has 5 nitrogen and oxygen atoms in total. The minimum Gasteiger partial charge on any atom is -0.423 e. The third-order valence-corrected chi connectivity index (χ3v) is 4.93. The summed E-state index contributed by atoms with van der Waals surface area (Å²) in [5.74, 6) is 0.0310.